The van der Waals surface area contributed by atoms with Gasteiger partial charge in [-0.25, -0.2) is 29.9 Å². The van der Waals surface area contributed by atoms with Crippen LogP contribution in [0.2, 0.25) is 0 Å². The van der Waals surface area contributed by atoms with Gasteiger partial charge in [0.2, 0.25) is 5.95 Å². The summed E-state index contributed by atoms with van der Waals surface area (Å²) in [6.07, 6.45) is 0. The molecule has 0 unspecified atom stereocenters. The SMILES string of the molecule is CC1(C)c2ccc(-c3nc(-c4ccccc4)c4c(ccc5c6ccccc6oc54)n3)cc2-c2c1ccc1c2oc2ccccc21.CC1(C)c2ccc(-c3nc(-c4ccccc4)c4c(ccc5c6ccccc6oc54)n3)cc2-c2c1ccc1c2sc2ccccc21.c1ccc(-c2nc(-n3c4ccccc4c4ccc(-c5ccc6c(c5)c5ccccc5n6-c5ccccc5)cc43)nc3ccc4c5ccccc5oc4c23)cc1. The van der Waals surface area contributed by atoms with E-state index in [9.17, 15) is 0 Å². The fourth-order valence-corrected chi connectivity index (χ4v) is 24.9. The zero-order valence-corrected chi connectivity index (χ0v) is 79.8. The van der Waals surface area contributed by atoms with Crippen LogP contribution in [0, 0.1) is 0 Å². The van der Waals surface area contributed by atoms with E-state index in [4.69, 9.17) is 47.6 Å². The number of hydrogen-bond acceptors (Lipinski definition) is 11. The first kappa shape index (κ1) is 82.3. The number of aromatic nitrogens is 8. The first-order valence-electron chi connectivity index (χ1n) is 49.3. The lowest BCUT2D eigenvalue weighted by Crippen LogP contribution is -2.14. The minimum absolute atomic E-state index is 0.0973. The molecule has 145 heavy (non-hydrogen) atoms. The van der Waals surface area contributed by atoms with Crippen LogP contribution in [0.15, 0.2) is 442 Å². The summed E-state index contributed by atoms with van der Waals surface area (Å²) in [5.74, 6) is 2.02. The lowest BCUT2D eigenvalue weighted by Gasteiger charge is -2.21. The number of rotatable bonds is 8. The van der Waals surface area contributed by atoms with E-state index in [2.05, 4.69) is 389 Å². The predicted molar refractivity (Wildman–Crippen MR) is 597 cm³/mol. The van der Waals surface area contributed by atoms with E-state index in [0.717, 1.165) is 210 Å². The smallest absolute Gasteiger partial charge is 0.235 e. The van der Waals surface area contributed by atoms with Crippen LogP contribution in [-0.2, 0) is 10.8 Å². The average molecular weight is 1880 g/mol. The maximum absolute atomic E-state index is 6.56. The minimum atomic E-state index is -0.164. The van der Waals surface area contributed by atoms with Gasteiger partial charge in [-0.1, -0.05) is 331 Å². The van der Waals surface area contributed by atoms with E-state index in [1.165, 1.54) is 86.5 Å². The Kier molecular flexibility index (Phi) is 17.9. The summed E-state index contributed by atoms with van der Waals surface area (Å²) >= 11 is 1.90. The lowest BCUT2D eigenvalue weighted by atomic mass is 9.82. The first-order chi connectivity index (χ1) is 71.4. The van der Waals surface area contributed by atoms with Crippen molar-refractivity contribution in [2.75, 3.05) is 0 Å². The zero-order chi connectivity index (χ0) is 95.8. The highest BCUT2D eigenvalue weighted by molar-refractivity contribution is 7.26. The Balaban J connectivity index is 0.000000102. The van der Waals surface area contributed by atoms with E-state index in [1.807, 2.05) is 84.1 Å². The third-order valence-electron chi connectivity index (χ3n) is 30.5. The van der Waals surface area contributed by atoms with Crippen molar-refractivity contribution in [3.8, 4) is 102 Å². The average Bonchev–Trinajstić information content (AvgIpc) is 1.56. The molecule has 0 fully saturated rings. The Morgan fingerprint density at radius 3 is 1.11 bits per heavy atom. The number of fused-ring (bicyclic) bond motifs is 35. The van der Waals surface area contributed by atoms with E-state index in [1.54, 1.807) is 0 Å². The Morgan fingerprint density at radius 1 is 0.228 bits per heavy atom. The van der Waals surface area contributed by atoms with Crippen LogP contribution in [0.1, 0.15) is 49.9 Å². The van der Waals surface area contributed by atoms with Crippen LogP contribution in [0.25, 0.3) is 286 Å². The molecule has 0 radical (unpaired) electrons. The second-order valence-electron chi connectivity index (χ2n) is 39.3. The maximum Gasteiger partial charge on any atom is 0.235 e. The van der Waals surface area contributed by atoms with E-state index < -0.39 is 0 Å². The molecule has 30 aromatic rings. The summed E-state index contributed by atoms with van der Waals surface area (Å²) in [5, 5.41) is 19.0. The van der Waals surface area contributed by atoms with E-state index in [0.29, 0.717) is 11.8 Å². The fourth-order valence-electron chi connectivity index (χ4n) is 23.7. The van der Waals surface area contributed by atoms with Gasteiger partial charge in [-0.3, -0.25) is 4.57 Å². The van der Waals surface area contributed by atoms with Crippen molar-refractivity contribution in [2.45, 2.75) is 38.5 Å². The Morgan fingerprint density at radius 2 is 0.586 bits per heavy atom. The molecular weight excluding hydrogens is 1790 g/mol. The molecule has 0 atom stereocenters. The molecule has 10 heterocycles. The molecule has 32 rings (SSSR count). The zero-order valence-electron chi connectivity index (χ0n) is 79.0. The van der Waals surface area contributed by atoms with Gasteiger partial charge in [0.15, 0.2) is 11.6 Å². The molecule has 20 aromatic carbocycles. The lowest BCUT2D eigenvalue weighted by molar-refractivity contribution is 0.653. The number of nitrogens with zero attached hydrogens (tertiary/aromatic N) is 8. The number of thiophene rings is 1. The second kappa shape index (κ2) is 31.5. The van der Waals surface area contributed by atoms with E-state index in [-0.39, 0.29) is 10.8 Å². The second-order valence-corrected chi connectivity index (χ2v) is 40.3. The summed E-state index contributed by atoms with van der Waals surface area (Å²) in [4.78, 5) is 31.7. The molecular formula is C132H82N8O4S. The van der Waals surface area contributed by atoms with Gasteiger partial charge in [-0.15, -0.1) is 11.3 Å². The van der Waals surface area contributed by atoms with Crippen LogP contribution < -0.4 is 0 Å². The standard InChI is InChI=1S/C50H30N4O.C41H26N2O2.C41H26N2OS/c1-3-13-31(14-4-1)48-47-41(27-26-39-38-19-9-12-22-46(38)55-49(39)47)51-50(52-48)54-43-21-11-7-17-35(43)37-25-23-33(30-45(37)54)32-24-28-44-40(29-32)36-18-8-10-20-42(36)53(44)34-15-5-2-6-16-34;1-41(2)30-19-16-24(22-29(30)35-31(41)20-17-27-25-12-6-8-14-33(25)44-38(27)35)40-42-32-21-18-28-26-13-7-9-15-34(26)45-39(28)36(32)37(43-40)23-10-4-3-5-11-23;1-41(2)30-19-16-24(22-29(30)35-31(41)20-17-28-26-13-7-9-15-34(26)45-39(28)35)40-42-32-21-18-27-25-12-6-8-14-33(25)44-38(27)36(32)37(43-40)23-10-4-3-5-11-23/h1-30H;2*3-22H,1-2H3. The number of benzene rings is 20. The van der Waals surface area contributed by atoms with Gasteiger partial charge in [-0.05, 0) is 166 Å². The quantitative estimate of drug-likeness (QED) is 0.144. The van der Waals surface area contributed by atoms with Crippen LogP contribution in [0.5, 0.6) is 0 Å². The molecule has 0 N–H and O–H groups in total. The molecule has 680 valence electrons. The molecule has 0 spiro atoms. The van der Waals surface area contributed by atoms with Crippen molar-refractivity contribution in [1.82, 2.24) is 39.0 Å². The molecule has 0 aliphatic heterocycles. The van der Waals surface area contributed by atoms with Crippen molar-refractivity contribution in [2.24, 2.45) is 0 Å². The molecule has 0 bridgehead atoms. The van der Waals surface area contributed by atoms with Crippen molar-refractivity contribution in [3.63, 3.8) is 0 Å². The first-order valence-corrected chi connectivity index (χ1v) is 50.1. The molecule has 2 aliphatic rings. The van der Waals surface area contributed by atoms with Gasteiger partial charge in [0.05, 0.1) is 71.9 Å². The normalized spacial score (nSPS) is 13.1. The number of hydrogen-bond donors (Lipinski definition) is 0. The van der Waals surface area contributed by atoms with Crippen LogP contribution in [0.4, 0.5) is 0 Å². The third-order valence-corrected chi connectivity index (χ3v) is 31.7. The molecule has 2 aliphatic carbocycles. The molecule has 13 heteroatoms. The highest BCUT2D eigenvalue weighted by Crippen LogP contribution is 2.58. The highest BCUT2D eigenvalue weighted by atomic mass is 32.1. The molecule has 0 saturated heterocycles. The van der Waals surface area contributed by atoms with Crippen LogP contribution in [0.3, 0.4) is 0 Å². The monoisotopic (exact) mass is 1870 g/mol. The maximum atomic E-state index is 6.56. The van der Waals surface area contributed by atoms with Gasteiger partial charge in [0.25, 0.3) is 0 Å². The van der Waals surface area contributed by atoms with Gasteiger partial charge >= 0.3 is 0 Å². The molecule has 12 nitrogen and oxygen atoms in total. The topological polar surface area (TPSA) is 140 Å². The van der Waals surface area contributed by atoms with Crippen molar-refractivity contribution < 1.29 is 17.7 Å². The fraction of sp³-hybridized carbons (Fsp3) is 0.0455. The number of furan rings is 4. The largest absolute Gasteiger partial charge is 0.455 e. The summed E-state index contributed by atoms with van der Waals surface area (Å²) in [5.41, 5.74) is 35.0. The van der Waals surface area contributed by atoms with Crippen LogP contribution >= 0.6 is 11.3 Å². The summed E-state index contributed by atoms with van der Waals surface area (Å²) in [6.45, 7) is 9.28. The Bertz CT molecular complexity index is 10400. The van der Waals surface area contributed by atoms with Crippen molar-refractivity contribution in [3.05, 3.63) is 447 Å². The molecule has 0 saturated carbocycles. The Labute approximate surface area is 833 Å². The number of para-hydroxylation sites is 7. The molecule has 0 amide bonds. The summed E-state index contributed by atoms with van der Waals surface area (Å²) in [6, 6.07) is 150. The Hall–Kier alpha value is -18.6. The summed E-state index contributed by atoms with van der Waals surface area (Å²) < 4.78 is 33.3. The van der Waals surface area contributed by atoms with Gasteiger partial charge < -0.3 is 22.2 Å². The van der Waals surface area contributed by atoms with Gasteiger partial charge in [0.1, 0.15) is 44.7 Å². The molecule has 10 aromatic heterocycles. The van der Waals surface area contributed by atoms with E-state index >= 15 is 0 Å². The van der Waals surface area contributed by atoms with Crippen LogP contribution in [-0.4, -0.2) is 39.0 Å². The highest BCUT2D eigenvalue weighted by Gasteiger charge is 2.41. The minimum Gasteiger partial charge on any atom is -0.455 e. The third kappa shape index (κ3) is 12.5. The van der Waals surface area contributed by atoms with Crippen molar-refractivity contribution >= 4 is 196 Å². The summed E-state index contributed by atoms with van der Waals surface area (Å²) in [7, 11) is 0. The predicted octanol–water partition coefficient (Wildman–Crippen LogP) is 35.7. The van der Waals surface area contributed by atoms with Gasteiger partial charge in [-0.2, -0.15) is 0 Å². The van der Waals surface area contributed by atoms with Crippen molar-refractivity contribution in [1.29, 1.82) is 0 Å². The van der Waals surface area contributed by atoms with Gasteiger partial charge in [0, 0.05) is 140 Å².